The molecule has 1 aliphatic heterocycles. The van der Waals surface area contributed by atoms with E-state index in [-0.39, 0.29) is 11.5 Å². The molecular weight excluding hydrogens is 494 g/mol. The summed E-state index contributed by atoms with van der Waals surface area (Å²) in [5, 5.41) is 2.72. The fourth-order valence-electron chi connectivity index (χ4n) is 4.65. The molecule has 0 spiro atoms. The number of nitrogens with zero attached hydrogens (tertiary/aromatic N) is 5. The largest absolute Gasteiger partial charge is 0.343 e. The Morgan fingerprint density at radius 2 is 1.86 bits per heavy atom. The molecular formula is C27H28ClN5O2S. The summed E-state index contributed by atoms with van der Waals surface area (Å²) in [5.41, 5.74) is 3.83. The molecule has 0 unspecified atom stereocenters. The van der Waals surface area contributed by atoms with Crippen LogP contribution in [-0.2, 0) is 18.4 Å². The Balaban J connectivity index is 1.57. The Bertz CT molecular complexity index is 1530. The highest BCUT2D eigenvalue weighted by atomic mass is 35.5. The van der Waals surface area contributed by atoms with Gasteiger partial charge in [0.2, 0.25) is 5.91 Å². The lowest BCUT2D eigenvalue weighted by atomic mass is 10.2. The number of carbonyl (C=O) groups excluding carboxylic acids is 1. The second-order valence-electron chi connectivity index (χ2n) is 8.93. The summed E-state index contributed by atoms with van der Waals surface area (Å²) in [5.74, 6) is 0.228. The van der Waals surface area contributed by atoms with Crippen LogP contribution in [0.25, 0.3) is 16.9 Å². The first-order valence-corrected chi connectivity index (χ1v) is 13.3. The van der Waals surface area contributed by atoms with E-state index in [1.807, 2.05) is 78.2 Å². The molecule has 0 aliphatic carbocycles. The molecule has 0 saturated carbocycles. The Hall–Kier alpha value is -3.36. The Morgan fingerprint density at radius 3 is 2.58 bits per heavy atom. The summed E-state index contributed by atoms with van der Waals surface area (Å²) < 4.78 is 5.61. The van der Waals surface area contributed by atoms with Crippen molar-refractivity contribution in [2.24, 2.45) is 12.0 Å². The van der Waals surface area contributed by atoms with E-state index >= 15 is 0 Å². The molecule has 2 aromatic carbocycles. The molecule has 5 rings (SSSR count). The zero-order valence-corrected chi connectivity index (χ0v) is 21.9. The molecule has 1 amide bonds. The van der Waals surface area contributed by atoms with Crippen LogP contribution in [0.1, 0.15) is 25.0 Å². The molecule has 0 radical (unpaired) electrons. The standard InChI is InChI=1S/C27H28ClN5O2S/c1-19-25(26(35)33(30(19)2)22-11-4-3-5-12-22)29-27-32(16-8-15-31-14-7-13-24(31)34)23(18-36-27)20-9-6-10-21(28)17-20/h3-6,9-12,17-18H,7-8,13-16H2,1-2H3. The number of para-hydroxylation sites is 1. The maximum absolute atomic E-state index is 13.5. The van der Waals surface area contributed by atoms with E-state index in [1.54, 1.807) is 4.68 Å². The van der Waals surface area contributed by atoms with Crippen LogP contribution >= 0.6 is 22.9 Å². The van der Waals surface area contributed by atoms with Gasteiger partial charge in [0.05, 0.1) is 17.1 Å². The van der Waals surface area contributed by atoms with E-state index in [9.17, 15) is 9.59 Å². The molecule has 0 N–H and O–H groups in total. The number of aromatic nitrogens is 3. The lowest BCUT2D eigenvalue weighted by Crippen LogP contribution is -2.27. The number of hydrogen-bond donors (Lipinski definition) is 0. The van der Waals surface area contributed by atoms with Gasteiger partial charge in [-0.3, -0.25) is 14.3 Å². The van der Waals surface area contributed by atoms with Crippen molar-refractivity contribution >= 4 is 34.5 Å². The third kappa shape index (κ3) is 4.70. The summed E-state index contributed by atoms with van der Waals surface area (Å²) >= 11 is 7.79. The number of likely N-dealkylation sites (tertiary alicyclic amines) is 1. The minimum Gasteiger partial charge on any atom is -0.343 e. The van der Waals surface area contributed by atoms with Crippen LogP contribution in [-0.4, -0.2) is 37.8 Å². The van der Waals surface area contributed by atoms with Crippen LogP contribution in [0.15, 0.2) is 69.8 Å². The van der Waals surface area contributed by atoms with Crippen LogP contribution in [0, 0.1) is 6.92 Å². The highest BCUT2D eigenvalue weighted by Gasteiger charge is 2.20. The van der Waals surface area contributed by atoms with E-state index in [0.29, 0.717) is 30.2 Å². The lowest BCUT2D eigenvalue weighted by molar-refractivity contribution is -0.127. The molecule has 3 heterocycles. The van der Waals surface area contributed by atoms with Crippen LogP contribution in [0.3, 0.4) is 0 Å². The average Bonchev–Trinajstić information content (AvgIpc) is 3.53. The molecule has 186 valence electrons. The number of amides is 1. The number of hydrogen-bond acceptors (Lipinski definition) is 4. The first kappa shape index (κ1) is 24.3. The number of carbonyl (C=O) groups is 1. The van der Waals surface area contributed by atoms with Crippen molar-refractivity contribution in [2.45, 2.75) is 32.7 Å². The number of benzene rings is 2. The van der Waals surface area contributed by atoms with Gasteiger partial charge < -0.3 is 9.47 Å². The third-order valence-electron chi connectivity index (χ3n) is 6.63. The van der Waals surface area contributed by atoms with Crippen molar-refractivity contribution in [3.63, 3.8) is 0 Å². The van der Waals surface area contributed by atoms with Crippen molar-refractivity contribution in [2.75, 3.05) is 13.1 Å². The zero-order valence-electron chi connectivity index (χ0n) is 20.4. The van der Waals surface area contributed by atoms with Crippen LogP contribution in [0.4, 0.5) is 5.69 Å². The van der Waals surface area contributed by atoms with Crippen LogP contribution in [0.2, 0.25) is 5.02 Å². The minimum atomic E-state index is -0.159. The first-order valence-electron chi connectivity index (χ1n) is 12.0. The smallest absolute Gasteiger partial charge is 0.297 e. The predicted molar refractivity (Wildman–Crippen MR) is 144 cm³/mol. The van der Waals surface area contributed by atoms with Gasteiger partial charge in [-0.2, -0.15) is 0 Å². The van der Waals surface area contributed by atoms with E-state index < -0.39 is 0 Å². The van der Waals surface area contributed by atoms with Crippen molar-refractivity contribution in [3.05, 3.63) is 85.8 Å². The molecule has 9 heteroatoms. The monoisotopic (exact) mass is 521 g/mol. The molecule has 0 atom stereocenters. The SMILES string of the molecule is Cc1c(N=c2scc(-c3cccc(Cl)c3)n2CCCN2CCCC2=O)c(=O)n(-c2ccccc2)n1C. The molecule has 2 aromatic heterocycles. The van der Waals surface area contributed by atoms with E-state index in [2.05, 4.69) is 9.95 Å². The summed E-state index contributed by atoms with van der Waals surface area (Å²) in [6.45, 7) is 4.12. The van der Waals surface area contributed by atoms with Gasteiger partial charge in [0.25, 0.3) is 5.56 Å². The van der Waals surface area contributed by atoms with Gasteiger partial charge in [-0.25, -0.2) is 9.67 Å². The summed E-state index contributed by atoms with van der Waals surface area (Å²) in [6.07, 6.45) is 2.37. The van der Waals surface area contributed by atoms with Gasteiger partial charge in [0.1, 0.15) is 0 Å². The van der Waals surface area contributed by atoms with Crippen molar-refractivity contribution < 1.29 is 4.79 Å². The maximum Gasteiger partial charge on any atom is 0.297 e. The third-order valence-corrected chi connectivity index (χ3v) is 7.73. The molecule has 1 saturated heterocycles. The quantitative estimate of drug-likeness (QED) is 0.347. The summed E-state index contributed by atoms with van der Waals surface area (Å²) in [6, 6.07) is 17.3. The van der Waals surface area contributed by atoms with Crippen molar-refractivity contribution in [1.82, 2.24) is 18.8 Å². The summed E-state index contributed by atoms with van der Waals surface area (Å²) in [4.78, 5) is 33.1. The van der Waals surface area contributed by atoms with Crippen molar-refractivity contribution in [3.8, 4) is 16.9 Å². The second-order valence-corrected chi connectivity index (χ2v) is 10.2. The fraction of sp³-hybridized carbons (Fsp3) is 0.296. The molecule has 36 heavy (non-hydrogen) atoms. The number of halogens is 1. The normalized spacial score (nSPS) is 14.2. The molecule has 7 nitrogen and oxygen atoms in total. The second kappa shape index (κ2) is 10.3. The maximum atomic E-state index is 13.5. The highest BCUT2D eigenvalue weighted by molar-refractivity contribution is 7.07. The number of rotatable bonds is 7. The lowest BCUT2D eigenvalue weighted by Gasteiger charge is -2.16. The van der Waals surface area contributed by atoms with Crippen LogP contribution < -0.4 is 10.4 Å². The van der Waals surface area contributed by atoms with Gasteiger partial charge in [-0.1, -0.05) is 41.9 Å². The fourth-order valence-corrected chi connectivity index (χ4v) is 5.78. The van der Waals surface area contributed by atoms with Gasteiger partial charge in [-0.05, 0) is 44.0 Å². The van der Waals surface area contributed by atoms with Gasteiger partial charge in [0.15, 0.2) is 10.5 Å². The Kier molecular flexibility index (Phi) is 6.98. The highest BCUT2D eigenvalue weighted by Crippen LogP contribution is 2.25. The molecule has 1 aliphatic rings. The van der Waals surface area contributed by atoms with E-state index in [0.717, 1.165) is 46.8 Å². The van der Waals surface area contributed by atoms with Crippen LogP contribution in [0.5, 0.6) is 0 Å². The van der Waals surface area contributed by atoms with Gasteiger partial charge in [-0.15, -0.1) is 11.3 Å². The number of thiazole rings is 1. The summed E-state index contributed by atoms with van der Waals surface area (Å²) in [7, 11) is 1.87. The Labute approximate surface area is 218 Å². The first-order chi connectivity index (χ1) is 17.4. The Morgan fingerprint density at radius 1 is 1.06 bits per heavy atom. The van der Waals surface area contributed by atoms with E-state index in [1.165, 1.54) is 11.3 Å². The van der Waals surface area contributed by atoms with Gasteiger partial charge in [0, 0.05) is 49.1 Å². The topological polar surface area (TPSA) is 64.5 Å². The molecule has 4 aromatic rings. The van der Waals surface area contributed by atoms with Crippen molar-refractivity contribution in [1.29, 1.82) is 0 Å². The molecule has 1 fully saturated rings. The zero-order chi connectivity index (χ0) is 25.2. The predicted octanol–water partition coefficient (Wildman–Crippen LogP) is 4.91. The van der Waals surface area contributed by atoms with Gasteiger partial charge >= 0.3 is 0 Å². The van der Waals surface area contributed by atoms with E-state index in [4.69, 9.17) is 16.6 Å². The molecule has 0 bridgehead atoms. The minimum absolute atomic E-state index is 0.159. The average molecular weight is 522 g/mol.